The second kappa shape index (κ2) is 8.83. The van der Waals surface area contributed by atoms with Crippen molar-refractivity contribution in [2.45, 2.75) is 20.3 Å². The van der Waals surface area contributed by atoms with Gasteiger partial charge in [-0.05, 0) is 13.3 Å². The van der Waals surface area contributed by atoms with Crippen molar-refractivity contribution >= 4 is 0 Å². The number of rotatable bonds is 1. The summed E-state index contributed by atoms with van der Waals surface area (Å²) in [5, 5.41) is 0. The second-order valence-electron chi connectivity index (χ2n) is 0.977. The van der Waals surface area contributed by atoms with Crippen LogP contribution in [-0.4, -0.2) is 5.48 Å². The van der Waals surface area contributed by atoms with E-state index in [1.807, 2.05) is 6.92 Å². The Morgan fingerprint density at radius 2 is 2.00 bits per heavy atom. The summed E-state index contributed by atoms with van der Waals surface area (Å²) in [6.07, 6.45) is 5.34. The summed E-state index contributed by atoms with van der Waals surface area (Å²) in [5.41, 5.74) is 0. The first-order valence-electron chi connectivity index (χ1n) is 2.03. The lowest BCUT2D eigenvalue weighted by Gasteiger charge is -1.65. The van der Waals surface area contributed by atoms with E-state index in [-0.39, 0.29) is 5.48 Å². The molecule has 0 saturated carbocycles. The minimum absolute atomic E-state index is 0. The van der Waals surface area contributed by atoms with Gasteiger partial charge in [-0.15, -0.1) is 0 Å². The zero-order valence-corrected chi connectivity index (χ0v) is 4.36. The van der Waals surface area contributed by atoms with Crippen LogP contribution in [0.1, 0.15) is 20.3 Å². The van der Waals surface area contributed by atoms with E-state index in [9.17, 15) is 0 Å². The van der Waals surface area contributed by atoms with E-state index < -0.39 is 0 Å². The summed E-state index contributed by atoms with van der Waals surface area (Å²) in [7, 11) is 0. The molecule has 2 N–H and O–H groups in total. The normalized spacial score (nSPS) is 8.33. The summed E-state index contributed by atoms with van der Waals surface area (Å²) in [4.78, 5) is 0. The summed E-state index contributed by atoms with van der Waals surface area (Å²) in [6.45, 7) is 4.16. The lowest BCUT2D eigenvalue weighted by molar-refractivity contribution is 0.824. The van der Waals surface area contributed by atoms with Crippen molar-refractivity contribution in [1.29, 1.82) is 0 Å². The molecule has 0 bridgehead atoms. The molecule has 0 aromatic heterocycles. The Bertz CT molecular complexity index is 30.9. The maximum absolute atomic E-state index is 2.12. The molecule has 38 valence electrons. The molecular formula is C5H12O. The van der Waals surface area contributed by atoms with Gasteiger partial charge in [-0.3, -0.25) is 0 Å². The van der Waals surface area contributed by atoms with E-state index in [1.54, 1.807) is 0 Å². The van der Waals surface area contributed by atoms with Crippen molar-refractivity contribution in [2.75, 3.05) is 0 Å². The first-order chi connectivity index (χ1) is 2.41. The Hall–Kier alpha value is -0.300. The molecule has 0 saturated heterocycles. The van der Waals surface area contributed by atoms with Crippen molar-refractivity contribution in [3.05, 3.63) is 12.2 Å². The largest absolute Gasteiger partial charge is 0.412 e. The highest BCUT2D eigenvalue weighted by Gasteiger charge is 1.52. The van der Waals surface area contributed by atoms with E-state index in [4.69, 9.17) is 0 Å². The van der Waals surface area contributed by atoms with Crippen LogP contribution in [0.4, 0.5) is 0 Å². The van der Waals surface area contributed by atoms with Crippen molar-refractivity contribution in [2.24, 2.45) is 0 Å². The Kier molecular flexibility index (Phi) is 13.5. The minimum Gasteiger partial charge on any atom is -0.412 e. The Labute approximate surface area is 39.0 Å². The molecule has 0 aliphatic rings. The smallest absolute Gasteiger partial charge is 0.0379 e. The molecule has 0 heterocycles. The van der Waals surface area contributed by atoms with Gasteiger partial charge in [0.15, 0.2) is 0 Å². The van der Waals surface area contributed by atoms with E-state index in [0.29, 0.717) is 0 Å². The van der Waals surface area contributed by atoms with Gasteiger partial charge in [0.1, 0.15) is 0 Å². The molecule has 0 aliphatic heterocycles. The molecule has 0 aromatic carbocycles. The maximum atomic E-state index is 2.12. The summed E-state index contributed by atoms with van der Waals surface area (Å²) < 4.78 is 0. The van der Waals surface area contributed by atoms with Gasteiger partial charge >= 0.3 is 0 Å². The fourth-order valence-electron chi connectivity index (χ4n) is 0.236. The molecule has 1 heteroatoms. The number of allylic oxidation sites excluding steroid dienone is 2. The van der Waals surface area contributed by atoms with Crippen LogP contribution in [0.3, 0.4) is 0 Å². The molecule has 0 spiro atoms. The van der Waals surface area contributed by atoms with Crippen LogP contribution >= 0.6 is 0 Å². The Morgan fingerprint density at radius 3 is 2.00 bits per heavy atom. The quantitative estimate of drug-likeness (QED) is 0.430. The SMILES string of the molecule is CC=CCC.O. The molecule has 0 unspecified atom stereocenters. The summed E-state index contributed by atoms with van der Waals surface area (Å²) >= 11 is 0. The van der Waals surface area contributed by atoms with Crippen molar-refractivity contribution < 1.29 is 5.48 Å². The van der Waals surface area contributed by atoms with Gasteiger partial charge < -0.3 is 5.48 Å². The van der Waals surface area contributed by atoms with Crippen LogP contribution in [0.5, 0.6) is 0 Å². The van der Waals surface area contributed by atoms with Gasteiger partial charge in [-0.2, -0.15) is 0 Å². The molecule has 0 aromatic rings. The highest BCUT2D eigenvalue weighted by Crippen LogP contribution is 1.73. The van der Waals surface area contributed by atoms with Crippen molar-refractivity contribution in [3.8, 4) is 0 Å². The van der Waals surface area contributed by atoms with E-state index in [1.165, 1.54) is 0 Å². The number of hydrogen-bond donors (Lipinski definition) is 0. The molecule has 0 rings (SSSR count). The maximum Gasteiger partial charge on any atom is -0.0379 e. The van der Waals surface area contributed by atoms with Crippen LogP contribution in [0, 0.1) is 0 Å². The van der Waals surface area contributed by atoms with Crippen LogP contribution in [-0.2, 0) is 0 Å². The molecule has 1 nitrogen and oxygen atoms in total. The Morgan fingerprint density at radius 1 is 1.50 bits per heavy atom. The predicted molar refractivity (Wildman–Crippen MR) is 28.7 cm³/mol. The van der Waals surface area contributed by atoms with Gasteiger partial charge in [0, 0.05) is 0 Å². The lowest BCUT2D eigenvalue weighted by Crippen LogP contribution is -1.43. The highest BCUT2D eigenvalue weighted by atomic mass is 16.0. The van der Waals surface area contributed by atoms with Crippen molar-refractivity contribution in [3.63, 3.8) is 0 Å². The minimum atomic E-state index is 0. The first-order valence-corrected chi connectivity index (χ1v) is 2.03. The standard InChI is InChI=1S/C5H10.H2O/c1-3-5-4-2;/h3,5H,4H2,1-2H3;1H2. The Balaban J connectivity index is 0. The van der Waals surface area contributed by atoms with Gasteiger partial charge in [-0.25, -0.2) is 0 Å². The van der Waals surface area contributed by atoms with E-state index >= 15 is 0 Å². The number of hydrogen-bond acceptors (Lipinski definition) is 0. The van der Waals surface area contributed by atoms with E-state index in [2.05, 4.69) is 19.1 Å². The topological polar surface area (TPSA) is 31.5 Å². The predicted octanol–water partition coefficient (Wildman–Crippen LogP) is 1.15. The molecular weight excluding hydrogens is 76.1 g/mol. The monoisotopic (exact) mass is 88.1 g/mol. The second-order valence-corrected chi connectivity index (χ2v) is 0.977. The molecule has 0 fully saturated rings. The van der Waals surface area contributed by atoms with Crippen LogP contribution in [0.2, 0.25) is 0 Å². The summed E-state index contributed by atoms with van der Waals surface area (Å²) in [5.74, 6) is 0. The van der Waals surface area contributed by atoms with Crippen LogP contribution < -0.4 is 0 Å². The third kappa shape index (κ3) is 9.33. The third-order valence-corrected chi connectivity index (χ3v) is 0.471. The van der Waals surface area contributed by atoms with Gasteiger partial charge in [-0.1, -0.05) is 19.1 Å². The molecule has 0 atom stereocenters. The van der Waals surface area contributed by atoms with Gasteiger partial charge in [0.25, 0.3) is 0 Å². The first kappa shape index (κ1) is 9.20. The summed E-state index contributed by atoms with van der Waals surface area (Å²) in [6, 6.07) is 0. The van der Waals surface area contributed by atoms with Crippen molar-refractivity contribution in [1.82, 2.24) is 0 Å². The molecule has 6 heavy (non-hydrogen) atoms. The third-order valence-electron chi connectivity index (χ3n) is 0.471. The zero-order chi connectivity index (χ0) is 4.12. The molecule has 0 radical (unpaired) electrons. The van der Waals surface area contributed by atoms with Crippen LogP contribution in [0.15, 0.2) is 12.2 Å². The fraction of sp³-hybridized carbons (Fsp3) is 0.600. The highest BCUT2D eigenvalue weighted by molar-refractivity contribution is 4.73. The average Bonchev–Trinajstić information content (AvgIpc) is 1.41. The zero-order valence-electron chi connectivity index (χ0n) is 4.36. The van der Waals surface area contributed by atoms with Crippen LogP contribution in [0.25, 0.3) is 0 Å². The fourth-order valence-corrected chi connectivity index (χ4v) is 0.236. The molecule has 0 amide bonds. The van der Waals surface area contributed by atoms with Gasteiger partial charge in [0.2, 0.25) is 0 Å². The lowest BCUT2D eigenvalue weighted by atomic mass is 10.4. The van der Waals surface area contributed by atoms with Gasteiger partial charge in [0.05, 0.1) is 0 Å². The average molecular weight is 88.2 g/mol. The van der Waals surface area contributed by atoms with E-state index in [0.717, 1.165) is 6.42 Å². The molecule has 0 aliphatic carbocycles.